The number of hydrogen-bond acceptors (Lipinski definition) is 4. The van der Waals surface area contributed by atoms with Crippen LogP contribution in [0.1, 0.15) is 25.0 Å². The van der Waals surface area contributed by atoms with Crippen molar-refractivity contribution in [2.75, 3.05) is 13.1 Å². The van der Waals surface area contributed by atoms with Gasteiger partial charge in [-0.05, 0) is 93.2 Å². The van der Waals surface area contributed by atoms with Crippen molar-refractivity contribution in [2.45, 2.75) is 39.1 Å². The lowest BCUT2D eigenvalue weighted by Gasteiger charge is -2.31. The Bertz CT molecular complexity index is 1440. The number of amides is 2. The van der Waals surface area contributed by atoms with Gasteiger partial charge in [-0.15, -0.1) is 0 Å². The zero-order chi connectivity index (χ0) is 31.6. The van der Waals surface area contributed by atoms with Crippen LogP contribution in [0.15, 0.2) is 106 Å². The summed E-state index contributed by atoms with van der Waals surface area (Å²) in [4.78, 5) is 31.1. The van der Waals surface area contributed by atoms with Crippen LogP contribution in [0.25, 0.3) is 0 Å². The lowest BCUT2D eigenvalue weighted by atomic mass is 10.2. The second kappa shape index (κ2) is 16.3. The second-order valence-electron chi connectivity index (χ2n) is 10.2. The molecule has 0 bridgehead atoms. The molecule has 0 heterocycles. The molecular weight excluding hydrogens is 731 g/mol. The van der Waals surface area contributed by atoms with Gasteiger partial charge >= 0.3 is 0 Å². The molecule has 0 N–H and O–H groups in total. The Morgan fingerprint density at radius 1 is 0.636 bits per heavy atom. The summed E-state index contributed by atoms with van der Waals surface area (Å²) < 4.78 is 13.4. The van der Waals surface area contributed by atoms with Gasteiger partial charge in [-0.25, -0.2) is 0 Å². The molecule has 0 fully saturated rings. The largest absolute Gasteiger partial charge is 0.480 e. The first-order valence-electron chi connectivity index (χ1n) is 14.0. The monoisotopic (exact) mass is 760 g/mol. The summed E-state index contributed by atoms with van der Waals surface area (Å²) in [7, 11) is 0. The molecule has 0 saturated heterocycles. The highest BCUT2D eigenvalue weighted by Gasteiger charge is 2.27. The summed E-state index contributed by atoms with van der Waals surface area (Å²) in [5.41, 5.74) is 1.93. The van der Waals surface area contributed by atoms with Crippen LogP contribution in [0, 0.1) is 0 Å². The molecule has 230 valence electrons. The SMILES string of the molecule is CC(Oc1ccc(Cl)cc1Br)C(=O)N(CCN(Cc1ccccc1)C(=O)C(C)Oc1ccc(Cl)cc1Br)Cc1ccccc1. The first-order chi connectivity index (χ1) is 21.1. The number of hydrogen-bond donors (Lipinski definition) is 0. The molecule has 0 radical (unpaired) electrons. The third-order valence-corrected chi connectivity index (χ3v) is 8.50. The minimum atomic E-state index is -0.793. The van der Waals surface area contributed by atoms with Gasteiger partial charge in [0.15, 0.2) is 12.2 Å². The smallest absolute Gasteiger partial charge is 0.263 e. The normalized spacial score (nSPS) is 12.2. The summed E-state index contributed by atoms with van der Waals surface area (Å²) >= 11 is 19.1. The van der Waals surface area contributed by atoms with Gasteiger partial charge in [0.05, 0.1) is 8.95 Å². The van der Waals surface area contributed by atoms with E-state index in [-0.39, 0.29) is 24.9 Å². The third-order valence-electron chi connectivity index (χ3n) is 6.79. The van der Waals surface area contributed by atoms with Crippen molar-refractivity contribution in [2.24, 2.45) is 0 Å². The third kappa shape index (κ3) is 9.73. The standard InChI is InChI=1S/C34H32Br2Cl2N2O4/c1-23(43-31-15-13-27(37)19-29(31)35)33(41)39(21-25-9-5-3-6-10-25)17-18-40(22-26-11-7-4-8-12-26)34(42)24(2)44-32-16-14-28(38)20-30(32)36/h3-16,19-20,23-24H,17-18,21-22H2,1-2H3. The maximum atomic E-state index is 13.8. The first kappa shape index (κ1) is 33.8. The fraction of sp³-hybridized carbons (Fsp3) is 0.235. The van der Waals surface area contributed by atoms with Crippen LogP contribution in [0.5, 0.6) is 11.5 Å². The Morgan fingerprint density at radius 2 is 1.00 bits per heavy atom. The minimum Gasteiger partial charge on any atom is -0.480 e. The number of ether oxygens (including phenoxy) is 2. The van der Waals surface area contributed by atoms with E-state index >= 15 is 0 Å². The van der Waals surface area contributed by atoms with Gasteiger partial charge < -0.3 is 19.3 Å². The molecule has 2 atom stereocenters. The highest BCUT2D eigenvalue weighted by Crippen LogP contribution is 2.30. The molecule has 4 aromatic rings. The summed E-state index contributed by atoms with van der Waals surface area (Å²) in [5.74, 6) is 0.597. The topological polar surface area (TPSA) is 59.1 Å². The number of benzene rings is 4. The molecule has 2 unspecified atom stereocenters. The highest BCUT2D eigenvalue weighted by molar-refractivity contribution is 9.11. The predicted octanol–water partition coefficient (Wildman–Crippen LogP) is 8.81. The summed E-state index contributed by atoms with van der Waals surface area (Å²) in [5, 5.41) is 1.11. The summed E-state index contributed by atoms with van der Waals surface area (Å²) in [6.45, 7) is 4.69. The average molecular weight is 763 g/mol. The van der Waals surface area contributed by atoms with E-state index in [1.165, 1.54) is 0 Å². The van der Waals surface area contributed by atoms with Crippen molar-refractivity contribution in [3.05, 3.63) is 127 Å². The zero-order valence-corrected chi connectivity index (χ0v) is 28.9. The first-order valence-corrected chi connectivity index (χ1v) is 16.3. The van der Waals surface area contributed by atoms with Crippen LogP contribution in [-0.4, -0.2) is 46.9 Å². The van der Waals surface area contributed by atoms with Crippen molar-refractivity contribution in [3.8, 4) is 11.5 Å². The van der Waals surface area contributed by atoms with Crippen LogP contribution >= 0.6 is 55.1 Å². The Hall–Kier alpha value is -3.04. The van der Waals surface area contributed by atoms with Crippen LogP contribution in [0.2, 0.25) is 10.0 Å². The van der Waals surface area contributed by atoms with E-state index in [9.17, 15) is 9.59 Å². The van der Waals surface area contributed by atoms with E-state index in [2.05, 4.69) is 31.9 Å². The quantitative estimate of drug-likeness (QED) is 0.137. The lowest BCUT2D eigenvalue weighted by molar-refractivity contribution is -0.142. The van der Waals surface area contributed by atoms with E-state index in [4.69, 9.17) is 32.7 Å². The van der Waals surface area contributed by atoms with Gasteiger partial charge in [-0.2, -0.15) is 0 Å². The number of carbonyl (C=O) groups excluding carboxylic acids is 2. The molecule has 4 rings (SSSR count). The maximum absolute atomic E-state index is 13.8. The van der Waals surface area contributed by atoms with Gasteiger partial charge in [0.2, 0.25) is 0 Å². The number of carbonyl (C=O) groups is 2. The Kier molecular flexibility index (Phi) is 12.6. The average Bonchev–Trinajstić information content (AvgIpc) is 3.01. The highest BCUT2D eigenvalue weighted by atomic mass is 79.9. The lowest BCUT2D eigenvalue weighted by Crippen LogP contribution is -2.47. The van der Waals surface area contributed by atoms with E-state index in [0.29, 0.717) is 43.6 Å². The van der Waals surface area contributed by atoms with Crippen molar-refractivity contribution in [1.29, 1.82) is 0 Å². The van der Waals surface area contributed by atoms with Crippen LogP contribution in [-0.2, 0) is 22.7 Å². The molecule has 0 aliphatic heterocycles. The molecule has 44 heavy (non-hydrogen) atoms. The zero-order valence-electron chi connectivity index (χ0n) is 24.3. The van der Waals surface area contributed by atoms with E-state index in [0.717, 1.165) is 11.1 Å². The van der Waals surface area contributed by atoms with Gasteiger partial charge in [0.1, 0.15) is 11.5 Å². The number of rotatable bonds is 13. The minimum absolute atomic E-state index is 0.211. The molecule has 0 aromatic heterocycles. The van der Waals surface area contributed by atoms with Gasteiger partial charge in [-0.1, -0.05) is 83.9 Å². The van der Waals surface area contributed by atoms with Gasteiger partial charge in [-0.3, -0.25) is 9.59 Å². The van der Waals surface area contributed by atoms with E-state index < -0.39 is 12.2 Å². The van der Waals surface area contributed by atoms with E-state index in [1.807, 2.05) is 60.7 Å². The fourth-order valence-electron chi connectivity index (χ4n) is 4.52. The van der Waals surface area contributed by atoms with Gasteiger partial charge in [0.25, 0.3) is 11.8 Å². The Labute approximate surface area is 285 Å². The summed E-state index contributed by atoms with van der Waals surface area (Å²) in [6, 6.07) is 29.7. The van der Waals surface area contributed by atoms with Crippen molar-refractivity contribution >= 4 is 66.9 Å². The molecule has 6 nitrogen and oxygen atoms in total. The summed E-state index contributed by atoms with van der Waals surface area (Å²) in [6.07, 6.45) is -1.59. The van der Waals surface area contributed by atoms with Crippen LogP contribution in [0.4, 0.5) is 0 Å². The number of halogens is 4. The molecule has 0 saturated carbocycles. The molecule has 0 spiro atoms. The molecule has 0 aliphatic rings. The van der Waals surface area contributed by atoms with Gasteiger partial charge in [0, 0.05) is 36.2 Å². The van der Waals surface area contributed by atoms with Crippen molar-refractivity contribution in [1.82, 2.24) is 9.80 Å². The Balaban J connectivity index is 1.54. The molecule has 2 amide bonds. The molecule has 10 heteroatoms. The van der Waals surface area contributed by atoms with E-state index in [1.54, 1.807) is 60.0 Å². The predicted molar refractivity (Wildman–Crippen MR) is 182 cm³/mol. The van der Waals surface area contributed by atoms with Crippen molar-refractivity contribution in [3.63, 3.8) is 0 Å². The Morgan fingerprint density at radius 3 is 1.34 bits per heavy atom. The molecular formula is C34H32Br2Cl2N2O4. The number of nitrogens with zero attached hydrogens (tertiary/aromatic N) is 2. The van der Waals surface area contributed by atoms with Crippen LogP contribution in [0.3, 0.4) is 0 Å². The van der Waals surface area contributed by atoms with Crippen molar-refractivity contribution < 1.29 is 19.1 Å². The molecule has 0 aliphatic carbocycles. The maximum Gasteiger partial charge on any atom is 0.263 e. The molecule has 4 aromatic carbocycles. The second-order valence-corrected chi connectivity index (χ2v) is 12.7. The fourth-order valence-corrected chi connectivity index (χ4v) is 6.07. The van der Waals surface area contributed by atoms with Crippen LogP contribution < -0.4 is 9.47 Å².